The summed E-state index contributed by atoms with van der Waals surface area (Å²) in [6.07, 6.45) is 1.31. The highest BCUT2D eigenvalue weighted by molar-refractivity contribution is 7.20. The highest BCUT2D eigenvalue weighted by Gasteiger charge is 2.16. The first-order valence-electron chi connectivity index (χ1n) is 6.61. The van der Waals surface area contributed by atoms with E-state index in [-0.39, 0.29) is 12.0 Å². The molecule has 0 bridgehead atoms. The van der Waals surface area contributed by atoms with Gasteiger partial charge in [0.25, 0.3) is 5.91 Å². The van der Waals surface area contributed by atoms with Crippen molar-refractivity contribution in [1.29, 1.82) is 0 Å². The van der Waals surface area contributed by atoms with E-state index in [1.54, 1.807) is 19.4 Å². The minimum atomic E-state index is -0.279. The van der Waals surface area contributed by atoms with Gasteiger partial charge in [-0.3, -0.25) is 4.79 Å². The van der Waals surface area contributed by atoms with E-state index in [1.807, 2.05) is 36.4 Å². The molecule has 1 atom stereocenters. The maximum atomic E-state index is 12.2. The minimum Gasteiger partial charge on any atom is -0.467 e. The second-order valence-electron chi connectivity index (χ2n) is 4.60. The van der Waals surface area contributed by atoms with Crippen LogP contribution in [-0.2, 0) is 4.74 Å². The number of benzene rings is 1. The summed E-state index contributed by atoms with van der Waals surface area (Å²) in [5.74, 6) is 0.610. The highest BCUT2D eigenvalue weighted by atomic mass is 32.1. The summed E-state index contributed by atoms with van der Waals surface area (Å²) in [5.41, 5.74) is 0. The third kappa shape index (κ3) is 2.99. The standard InChI is InChI=1S/C16H15NO3S/c1-19-13(12-6-4-8-20-12)10-17-16(18)15-9-11-5-2-3-7-14(11)21-15/h2-9,13H,10H2,1H3,(H,17,18)/t13-/m0/s1. The molecule has 0 spiro atoms. The number of carbonyl (C=O) groups excluding carboxylic acids is 1. The SMILES string of the molecule is CO[C@@H](CNC(=O)c1cc2ccccc2s1)c1ccco1. The molecule has 0 unspecified atom stereocenters. The summed E-state index contributed by atoms with van der Waals surface area (Å²) in [7, 11) is 1.60. The fourth-order valence-electron chi connectivity index (χ4n) is 2.14. The Morgan fingerprint density at radius 3 is 2.90 bits per heavy atom. The highest BCUT2D eigenvalue weighted by Crippen LogP contribution is 2.25. The zero-order chi connectivity index (χ0) is 14.7. The molecule has 1 aromatic carbocycles. The van der Waals surface area contributed by atoms with Gasteiger partial charge in [-0.05, 0) is 29.7 Å². The lowest BCUT2D eigenvalue weighted by Gasteiger charge is -2.13. The van der Waals surface area contributed by atoms with Gasteiger partial charge in [0.15, 0.2) is 0 Å². The molecule has 1 N–H and O–H groups in total. The summed E-state index contributed by atoms with van der Waals surface area (Å²) in [4.78, 5) is 12.9. The molecule has 5 heteroatoms. The molecule has 0 saturated heterocycles. The zero-order valence-corrected chi connectivity index (χ0v) is 12.4. The van der Waals surface area contributed by atoms with Crippen molar-refractivity contribution in [2.24, 2.45) is 0 Å². The first kappa shape index (κ1) is 13.9. The quantitative estimate of drug-likeness (QED) is 0.783. The summed E-state index contributed by atoms with van der Waals surface area (Å²) in [6, 6.07) is 13.5. The molecule has 0 radical (unpaired) electrons. The van der Waals surface area contributed by atoms with E-state index in [1.165, 1.54) is 11.3 Å². The molecule has 108 valence electrons. The molecule has 2 heterocycles. The van der Waals surface area contributed by atoms with Gasteiger partial charge in [0, 0.05) is 11.8 Å². The third-order valence-electron chi connectivity index (χ3n) is 3.24. The second kappa shape index (κ2) is 6.11. The minimum absolute atomic E-state index is 0.0928. The summed E-state index contributed by atoms with van der Waals surface area (Å²) >= 11 is 1.49. The Balaban J connectivity index is 1.68. The van der Waals surface area contributed by atoms with Gasteiger partial charge in [-0.25, -0.2) is 0 Å². The average Bonchev–Trinajstić information content (AvgIpc) is 3.16. The lowest BCUT2D eigenvalue weighted by atomic mass is 10.2. The number of methoxy groups -OCH3 is 1. The molecule has 0 aliphatic heterocycles. The molecule has 2 aromatic heterocycles. The maximum absolute atomic E-state index is 12.2. The van der Waals surface area contributed by atoms with E-state index >= 15 is 0 Å². The summed E-state index contributed by atoms with van der Waals surface area (Å²) < 4.78 is 11.7. The molecule has 0 saturated carbocycles. The number of hydrogen-bond donors (Lipinski definition) is 1. The number of hydrogen-bond acceptors (Lipinski definition) is 4. The molecule has 4 nitrogen and oxygen atoms in total. The van der Waals surface area contributed by atoms with Crippen LogP contribution in [0.2, 0.25) is 0 Å². The van der Waals surface area contributed by atoms with E-state index in [0.29, 0.717) is 17.2 Å². The van der Waals surface area contributed by atoms with Crippen LogP contribution in [0.3, 0.4) is 0 Å². The van der Waals surface area contributed by atoms with Crippen molar-refractivity contribution in [1.82, 2.24) is 5.32 Å². The summed E-state index contributed by atoms with van der Waals surface area (Å²) in [6.45, 7) is 0.372. The topological polar surface area (TPSA) is 51.5 Å². The Kier molecular flexibility index (Phi) is 4.03. The van der Waals surface area contributed by atoms with Gasteiger partial charge in [-0.1, -0.05) is 18.2 Å². The van der Waals surface area contributed by atoms with Crippen LogP contribution in [0.4, 0.5) is 0 Å². The van der Waals surface area contributed by atoms with Crippen molar-refractivity contribution in [3.63, 3.8) is 0 Å². The Morgan fingerprint density at radius 1 is 1.33 bits per heavy atom. The van der Waals surface area contributed by atoms with Crippen LogP contribution in [0, 0.1) is 0 Å². The number of ether oxygens (including phenoxy) is 1. The lowest BCUT2D eigenvalue weighted by Crippen LogP contribution is -2.28. The van der Waals surface area contributed by atoms with Crippen LogP contribution in [-0.4, -0.2) is 19.6 Å². The van der Waals surface area contributed by atoms with Crippen LogP contribution < -0.4 is 5.32 Å². The van der Waals surface area contributed by atoms with Gasteiger partial charge in [0.2, 0.25) is 0 Å². The van der Waals surface area contributed by atoms with Crippen molar-refractivity contribution in [2.45, 2.75) is 6.10 Å². The van der Waals surface area contributed by atoms with E-state index < -0.39 is 0 Å². The van der Waals surface area contributed by atoms with Crippen LogP contribution in [0.1, 0.15) is 21.5 Å². The number of amides is 1. The number of fused-ring (bicyclic) bond motifs is 1. The van der Waals surface area contributed by atoms with Gasteiger partial charge in [-0.2, -0.15) is 0 Å². The fraction of sp³-hybridized carbons (Fsp3) is 0.188. The number of thiophene rings is 1. The van der Waals surface area contributed by atoms with E-state index in [9.17, 15) is 4.79 Å². The molecular formula is C16H15NO3S. The smallest absolute Gasteiger partial charge is 0.261 e. The fourth-order valence-corrected chi connectivity index (χ4v) is 3.12. The van der Waals surface area contributed by atoms with Gasteiger partial charge < -0.3 is 14.5 Å². The van der Waals surface area contributed by atoms with Crippen molar-refractivity contribution in [3.8, 4) is 0 Å². The average molecular weight is 301 g/mol. The Hall–Kier alpha value is -2.11. The second-order valence-corrected chi connectivity index (χ2v) is 5.68. The number of carbonyl (C=O) groups is 1. The lowest BCUT2D eigenvalue weighted by molar-refractivity contribution is 0.0740. The van der Waals surface area contributed by atoms with Crippen molar-refractivity contribution >= 4 is 27.3 Å². The molecule has 0 aliphatic carbocycles. The predicted molar refractivity (Wildman–Crippen MR) is 82.6 cm³/mol. The number of rotatable bonds is 5. The number of nitrogens with one attached hydrogen (secondary N) is 1. The van der Waals surface area contributed by atoms with Gasteiger partial charge in [0.05, 0.1) is 17.7 Å². The molecule has 1 amide bonds. The number of furan rings is 1. The summed E-state index contributed by atoms with van der Waals surface area (Å²) in [5, 5.41) is 3.97. The Morgan fingerprint density at radius 2 is 2.19 bits per heavy atom. The van der Waals surface area contributed by atoms with Gasteiger partial charge in [-0.15, -0.1) is 11.3 Å². The Bertz CT molecular complexity index is 700. The van der Waals surface area contributed by atoms with Crippen molar-refractivity contribution in [3.05, 3.63) is 59.4 Å². The Labute approximate surface area is 126 Å². The zero-order valence-electron chi connectivity index (χ0n) is 11.5. The normalized spacial score (nSPS) is 12.4. The van der Waals surface area contributed by atoms with E-state index in [0.717, 1.165) is 10.1 Å². The molecule has 0 fully saturated rings. The van der Waals surface area contributed by atoms with Gasteiger partial charge in [0.1, 0.15) is 11.9 Å². The largest absolute Gasteiger partial charge is 0.467 e. The molecule has 21 heavy (non-hydrogen) atoms. The van der Waals surface area contributed by atoms with Gasteiger partial charge >= 0.3 is 0 Å². The molecule has 3 rings (SSSR count). The first-order chi connectivity index (χ1) is 10.3. The third-order valence-corrected chi connectivity index (χ3v) is 4.36. The molecule has 0 aliphatic rings. The van der Waals surface area contributed by atoms with Crippen LogP contribution in [0.25, 0.3) is 10.1 Å². The maximum Gasteiger partial charge on any atom is 0.261 e. The van der Waals surface area contributed by atoms with Crippen molar-refractivity contribution in [2.75, 3.05) is 13.7 Å². The monoisotopic (exact) mass is 301 g/mol. The first-order valence-corrected chi connectivity index (χ1v) is 7.42. The van der Waals surface area contributed by atoms with Crippen LogP contribution in [0.15, 0.2) is 53.1 Å². The van der Waals surface area contributed by atoms with E-state index in [4.69, 9.17) is 9.15 Å². The van der Waals surface area contributed by atoms with Crippen LogP contribution in [0.5, 0.6) is 0 Å². The predicted octanol–water partition coefficient (Wildman–Crippen LogP) is 3.61. The molecule has 3 aromatic rings. The van der Waals surface area contributed by atoms with E-state index in [2.05, 4.69) is 5.32 Å². The van der Waals surface area contributed by atoms with Crippen LogP contribution >= 0.6 is 11.3 Å². The van der Waals surface area contributed by atoms with Crippen molar-refractivity contribution < 1.29 is 13.9 Å². The molecular weight excluding hydrogens is 286 g/mol.